The molecule has 2 aliphatic rings. The van der Waals surface area contributed by atoms with Gasteiger partial charge in [0.05, 0.1) is 50.0 Å². The Labute approximate surface area is 672 Å². The van der Waals surface area contributed by atoms with E-state index in [9.17, 15) is 0 Å². The fourth-order valence-corrected chi connectivity index (χ4v) is 20.0. The van der Waals surface area contributed by atoms with Crippen molar-refractivity contribution in [2.45, 2.75) is 6.92 Å². The molecule has 25 rings (SSSR count). The monoisotopic (exact) mass is 1490 g/mol. The molecule has 0 bridgehead atoms. The van der Waals surface area contributed by atoms with E-state index < -0.39 is 0 Å². The van der Waals surface area contributed by atoms with E-state index in [4.69, 9.17) is 9.47 Å². The molecule has 0 amide bonds. The number of fused-ring (bicyclic) bond motifs is 18. The molecule has 4 aromatic heterocycles. The second-order valence-corrected chi connectivity index (χ2v) is 31.3. The molecule has 117 heavy (non-hydrogen) atoms. The first-order valence-electron chi connectivity index (χ1n) is 40.3. The molecule has 19 aromatic carbocycles. The molecule has 0 N–H and O–H groups in total. The van der Waals surface area contributed by atoms with Gasteiger partial charge in [-0.05, 0) is 211 Å². The number of nitrogens with zero attached hydrogens (tertiary/aromatic N) is 4. The maximum absolute atomic E-state index is 7.37. The third-order valence-corrected chi connectivity index (χ3v) is 25.0. The highest BCUT2D eigenvalue weighted by Gasteiger charge is 2.29. The highest BCUT2D eigenvalue weighted by Crippen LogP contribution is 2.54. The Balaban J connectivity index is 0.578. The first-order valence-corrected chi connectivity index (χ1v) is 40.3. The number of para-hydroxylation sites is 5. The third kappa shape index (κ3) is 9.73. The molecule has 0 saturated heterocycles. The molecule has 544 valence electrons. The summed E-state index contributed by atoms with van der Waals surface area (Å²) in [5, 5.41) is 20.0. The Kier molecular flexibility index (Phi) is 14.0. The van der Waals surface area contributed by atoms with Crippen LogP contribution in [-0.2, 0) is 0 Å². The first kappa shape index (κ1) is 65.1. The van der Waals surface area contributed by atoms with Crippen molar-refractivity contribution in [2.75, 3.05) is 0 Å². The predicted octanol–water partition coefficient (Wildman–Crippen LogP) is 28.4. The zero-order valence-corrected chi connectivity index (χ0v) is 63.6. The van der Waals surface area contributed by atoms with Gasteiger partial charge in [-0.25, -0.2) is 0 Å². The fourth-order valence-electron chi connectivity index (χ4n) is 20.0. The van der Waals surface area contributed by atoms with Gasteiger partial charge < -0.3 is 27.7 Å². The van der Waals surface area contributed by atoms with E-state index in [2.05, 4.69) is 420 Å². The van der Waals surface area contributed by atoms with E-state index in [0.29, 0.717) is 0 Å². The normalized spacial score (nSPS) is 12.7. The van der Waals surface area contributed by atoms with E-state index in [1.807, 2.05) is 0 Å². The molecular weight excluding hydrogens is 1420 g/mol. The van der Waals surface area contributed by atoms with Crippen LogP contribution in [0.2, 0.25) is 0 Å². The smallest absolute Gasteiger partial charge is 0.138 e. The number of hydrogen-bond donors (Lipinski definition) is 0. The Bertz CT molecular complexity index is 8390. The maximum atomic E-state index is 7.37. The molecule has 0 spiro atoms. The van der Waals surface area contributed by atoms with Crippen LogP contribution in [0.15, 0.2) is 382 Å². The van der Waals surface area contributed by atoms with Crippen molar-refractivity contribution >= 4 is 132 Å². The number of benzene rings is 19. The van der Waals surface area contributed by atoms with Crippen LogP contribution in [0.3, 0.4) is 0 Å². The van der Waals surface area contributed by atoms with Crippen molar-refractivity contribution in [3.8, 4) is 113 Å². The van der Waals surface area contributed by atoms with E-state index in [1.165, 1.54) is 92.5 Å². The summed E-state index contributed by atoms with van der Waals surface area (Å²) in [7, 11) is 0. The van der Waals surface area contributed by atoms with E-state index >= 15 is 0 Å². The lowest BCUT2D eigenvalue weighted by Gasteiger charge is -2.23. The summed E-state index contributed by atoms with van der Waals surface area (Å²) in [6.45, 7) is 2.17. The molecule has 0 radical (unpaired) electrons. The van der Waals surface area contributed by atoms with Crippen molar-refractivity contribution in [1.29, 1.82) is 0 Å². The summed E-state index contributed by atoms with van der Waals surface area (Å²) < 4.78 is 24.3. The Morgan fingerprint density at radius 1 is 0.222 bits per heavy atom. The summed E-state index contributed by atoms with van der Waals surface area (Å²) in [5.74, 6) is 3.38. The highest BCUT2D eigenvalue weighted by molar-refractivity contribution is 6.26. The fraction of sp³-hybridized carbons (Fsp3) is 0.00901. The quantitative estimate of drug-likeness (QED) is 0.144. The van der Waals surface area contributed by atoms with E-state index in [0.717, 1.165) is 156 Å². The molecule has 23 aromatic rings. The van der Waals surface area contributed by atoms with Crippen molar-refractivity contribution in [3.05, 3.63) is 398 Å². The Morgan fingerprint density at radius 3 is 1.34 bits per heavy atom. The van der Waals surface area contributed by atoms with Crippen LogP contribution in [0, 0.1) is 0 Å². The van der Waals surface area contributed by atoms with Gasteiger partial charge in [0.25, 0.3) is 0 Å². The lowest BCUT2D eigenvalue weighted by Crippen LogP contribution is -2.28. The lowest BCUT2D eigenvalue weighted by molar-refractivity contribution is 0.487. The van der Waals surface area contributed by atoms with E-state index in [-0.39, 0.29) is 0 Å². The SMILES string of the molecule is C/C=c1\c(=C/c2cccc(-c3ccc4c(c3)c3ccccc3n4-c3ccc(-c4ccc5c(c4)Oc4cc6c(c7cccc-5c47)c4ccccc4n6-c4ccccc4)c4ccccc34)c2)c2c3cccc4c3c(cc2n1-c1ccccc1)Oc1cc(-c2cc(-n3c5ccccc5c5cc(-c6ccccc6)ccc53)c3ccccc3c2)ccc1-4. The minimum absolute atomic E-state index is 0.830. The number of ether oxygens (including phenoxy) is 2. The first-order chi connectivity index (χ1) is 58.0. The molecule has 0 unspecified atom stereocenters. The van der Waals surface area contributed by atoms with Gasteiger partial charge in [-0.2, -0.15) is 0 Å². The number of hydrogen-bond acceptors (Lipinski definition) is 2. The van der Waals surface area contributed by atoms with Crippen LogP contribution in [-0.4, -0.2) is 18.3 Å². The standard InChI is InChI=1S/C111H68N4O2/c1-2-94-93(109-90-43-24-41-86-84-51-47-72(63-104(84)116-107(111(86)90)66-103(109)112(94)76-30-8-4-9-31-76)75-59-73-28-12-13-34-79(73)101(62-75)115-96-45-20-17-38-83(96)91-60-70(49-54-100(91)115)68-26-6-3-7-27-68)58-67-25-22-29-69(57-67)71-50-55-99-92(61-71)82-37-16-19-44-95(82)114(99)98-56-53-78(80-35-14-15-36-81(80)98)74-48-52-85-87-40-23-42-89-108-88-39-18-21-46-97(88)113(77-32-10-5-11-33-77)102(108)65-106(110(87)89)117-105(85)64-74/h2-66H,1H3/b93-58+,94-2+. The summed E-state index contributed by atoms with van der Waals surface area (Å²) in [6.07, 6.45) is 4.67. The molecule has 0 fully saturated rings. The van der Waals surface area contributed by atoms with Gasteiger partial charge >= 0.3 is 0 Å². The summed E-state index contributed by atoms with van der Waals surface area (Å²) in [4.78, 5) is 0. The van der Waals surface area contributed by atoms with Gasteiger partial charge in [0.1, 0.15) is 23.0 Å². The summed E-state index contributed by atoms with van der Waals surface area (Å²) in [5.41, 5.74) is 27.2. The molecule has 6 nitrogen and oxygen atoms in total. The number of rotatable bonds is 9. The average Bonchev–Trinajstić information content (AvgIpc) is 1.66. The van der Waals surface area contributed by atoms with E-state index in [1.54, 1.807) is 0 Å². The third-order valence-electron chi connectivity index (χ3n) is 25.0. The minimum Gasteiger partial charge on any atom is -0.456 e. The molecule has 6 heteroatoms. The zero-order chi connectivity index (χ0) is 76.7. The minimum atomic E-state index is 0.830. The topological polar surface area (TPSA) is 38.2 Å². The van der Waals surface area contributed by atoms with Crippen LogP contribution >= 0.6 is 0 Å². The molecule has 0 saturated carbocycles. The van der Waals surface area contributed by atoms with Crippen molar-refractivity contribution in [3.63, 3.8) is 0 Å². The molecule has 6 heterocycles. The average molecular weight is 1490 g/mol. The van der Waals surface area contributed by atoms with Crippen molar-refractivity contribution in [1.82, 2.24) is 18.3 Å². The van der Waals surface area contributed by atoms with Gasteiger partial charge in [0.2, 0.25) is 0 Å². The van der Waals surface area contributed by atoms with Gasteiger partial charge in [-0.15, -0.1) is 0 Å². The highest BCUT2D eigenvalue weighted by atomic mass is 16.5. The lowest BCUT2D eigenvalue weighted by atomic mass is 9.90. The largest absolute Gasteiger partial charge is 0.456 e. The molecular formula is C111H68N4O2. The Hall–Kier alpha value is -15.5. The number of aromatic nitrogens is 4. The predicted molar refractivity (Wildman–Crippen MR) is 488 cm³/mol. The van der Waals surface area contributed by atoms with Crippen molar-refractivity contribution in [2.24, 2.45) is 0 Å². The van der Waals surface area contributed by atoms with Gasteiger partial charge in [0, 0.05) is 104 Å². The Morgan fingerprint density at radius 2 is 0.684 bits per heavy atom. The van der Waals surface area contributed by atoms with Crippen molar-refractivity contribution < 1.29 is 9.47 Å². The van der Waals surface area contributed by atoms with Crippen LogP contribution in [0.1, 0.15) is 12.5 Å². The summed E-state index contributed by atoms with van der Waals surface area (Å²) in [6, 6.07) is 140. The summed E-state index contributed by atoms with van der Waals surface area (Å²) >= 11 is 0. The van der Waals surface area contributed by atoms with Gasteiger partial charge in [-0.3, -0.25) is 0 Å². The van der Waals surface area contributed by atoms with Gasteiger partial charge in [-0.1, -0.05) is 261 Å². The van der Waals surface area contributed by atoms with Crippen LogP contribution in [0.4, 0.5) is 0 Å². The second-order valence-electron chi connectivity index (χ2n) is 31.3. The van der Waals surface area contributed by atoms with Crippen LogP contribution in [0.5, 0.6) is 23.0 Å². The maximum Gasteiger partial charge on any atom is 0.138 e. The van der Waals surface area contributed by atoms with Gasteiger partial charge in [0.15, 0.2) is 0 Å². The molecule has 2 aliphatic heterocycles. The van der Waals surface area contributed by atoms with Crippen LogP contribution < -0.4 is 20.0 Å². The zero-order valence-electron chi connectivity index (χ0n) is 63.6. The second kappa shape index (κ2) is 25.3. The molecule has 0 atom stereocenters. The molecule has 0 aliphatic carbocycles. The van der Waals surface area contributed by atoms with Crippen LogP contribution in [0.25, 0.3) is 221 Å².